The standard InChI is InChI=1S/C10H16ClN3S/c1-7(2)8-13-9(15-14-8)12-6-10(5-11)3-4-10/h7H,3-6H2,1-2H3,(H,12,13,14). The van der Waals surface area contributed by atoms with Crippen molar-refractivity contribution in [3.8, 4) is 0 Å². The second kappa shape index (κ2) is 4.26. The molecule has 1 aromatic heterocycles. The molecule has 0 saturated heterocycles. The van der Waals surface area contributed by atoms with Crippen LogP contribution in [0.3, 0.4) is 0 Å². The molecule has 1 aliphatic carbocycles. The third kappa shape index (κ3) is 2.61. The maximum absolute atomic E-state index is 5.90. The minimum absolute atomic E-state index is 0.339. The monoisotopic (exact) mass is 245 g/mol. The van der Waals surface area contributed by atoms with Gasteiger partial charge in [-0.25, -0.2) is 4.98 Å². The fourth-order valence-corrected chi connectivity index (χ4v) is 2.40. The zero-order chi connectivity index (χ0) is 10.9. The Morgan fingerprint density at radius 1 is 1.53 bits per heavy atom. The van der Waals surface area contributed by atoms with Gasteiger partial charge >= 0.3 is 0 Å². The molecule has 0 radical (unpaired) electrons. The van der Waals surface area contributed by atoms with Gasteiger partial charge in [0.05, 0.1) is 0 Å². The van der Waals surface area contributed by atoms with Gasteiger partial charge in [-0.3, -0.25) is 0 Å². The molecule has 3 nitrogen and oxygen atoms in total. The second-order valence-electron chi connectivity index (χ2n) is 4.60. The summed E-state index contributed by atoms with van der Waals surface area (Å²) in [5, 5.41) is 4.26. The van der Waals surface area contributed by atoms with Crippen molar-refractivity contribution in [1.82, 2.24) is 9.36 Å². The summed E-state index contributed by atoms with van der Waals surface area (Å²) in [5.41, 5.74) is 0.339. The van der Waals surface area contributed by atoms with E-state index in [-0.39, 0.29) is 0 Å². The van der Waals surface area contributed by atoms with Gasteiger partial charge in [0, 0.05) is 35.3 Å². The van der Waals surface area contributed by atoms with Crippen molar-refractivity contribution in [3.63, 3.8) is 0 Å². The lowest BCUT2D eigenvalue weighted by Gasteiger charge is -2.10. The third-order valence-corrected chi connectivity index (χ3v) is 4.07. The first kappa shape index (κ1) is 11.1. The zero-order valence-electron chi connectivity index (χ0n) is 9.09. The summed E-state index contributed by atoms with van der Waals surface area (Å²) < 4.78 is 4.30. The highest BCUT2D eigenvalue weighted by molar-refractivity contribution is 7.09. The molecule has 1 fully saturated rings. The van der Waals surface area contributed by atoms with Crippen LogP contribution >= 0.6 is 23.1 Å². The molecule has 84 valence electrons. The topological polar surface area (TPSA) is 37.8 Å². The highest BCUT2D eigenvalue weighted by Gasteiger charge is 2.41. The first-order valence-corrected chi connectivity index (χ1v) is 6.59. The van der Waals surface area contributed by atoms with E-state index in [0.717, 1.165) is 23.4 Å². The van der Waals surface area contributed by atoms with Crippen molar-refractivity contribution in [1.29, 1.82) is 0 Å². The molecule has 1 N–H and O–H groups in total. The van der Waals surface area contributed by atoms with E-state index in [1.807, 2.05) is 0 Å². The van der Waals surface area contributed by atoms with Crippen LogP contribution in [-0.4, -0.2) is 21.8 Å². The Labute approximate surface area is 99.4 Å². The van der Waals surface area contributed by atoms with E-state index in [0.29, 0.717) is 11.3 Å². The largest absolute Gasteiger partial charge is 0.360 e. The fourth-order valence-electron chi connectivity index (χ4n) is 1.34. The number of alkyl halides is 1. The molecule has 0 aromatic carbocycles. The van der Waals surface area contributed by atoms with Gasteiger partial charge in [-0.15, -0.1) is 11.6 Å². The number of rotatable bonds is 5. The Kier molecular flexibility index (Phi) is 3.16. The summed E-state index contributed by atoms with van der Waals surface area (Å²) >= 11 is 7.35. The molecule has 0 atom stereocenters. The van der Waals surface area contributed by atoms with Crippen molar-refractivity contribution in [2.24, 2.45) is 5.41 Å². The molecule has 0 aliphatic heterocycles. The van der Waals surface area contributed by atoms with Crippen LogP contribution in [0.2, 0.25) is 0 Å². The van der Waals surface area contributed by atoms with Gasteiger partial charge in [0.25, 0.3) is 0 Å². The van der Waals surface area contributed by atoms with Gasteiger partial charge < -0.3 is 5.32 Å². The molecule has 0 bridgehead atoms. The zero-order valence-corrected chi connectivity index (χ0v) is 10.7. The van der Waals surface area contributed by atoms with Crippen LogP contribution in [0.25, 0.3) is 0 Å². The normalized spacial score (nSPS) is 18.1. The van der Waals surface area contributed by atoms with Crippen LogP contribution < -0.4 is 5.32 Å². The van der Waals surface area contributed by atoms with Crippen LogP contribution in [0.1, 0.15) is 38.4 Å². The molecular formula is C10H16ClN3S. The number of nitrogens with zero attached hydrogens (tertiary/aromatic N) is 2. The quantitative estimate of drug-likeness (QED) is 0.811. The van der Waals surface area contributed by atoms with Crippen molar-refractivity contribution >= 4 is 28.3 Å². The van der Waals surface area contributed by atoms with Gasteiger partial charge in [-0.05, 0) is 12.8 Å². The van der Waals surface area contributed by atoms with Crippen molar-refractivity contribution in [2.75, 3.05) is 17.7 Å². The van der Waals surface area contributed by atoms with Crippen LogP contribution in [0.4, 0.5) is 5.13 Å². The molecule has 1 aromatic rings. The number of nitrogens with one attached hydrogen (secondary N) is 1. The Morgan fingerprint density at radius 2 is 2.27 bits per heavy atom. The van der Waals surface area contributed by atoms with E-state index >= 15 is 0 Å². The minimum Gasteiger partial charge on any atom is -0.360 e. The van der Waals surface area contributed by atoms with E-state index in [4.69, 9.17) is 11.6 Å². The Hall–Kier alpha value is -0.350. The molecule has 15 heavy (non-hydrogen) atoms. The average molecular weight is 246 g/mol. The van der Waals surface area contributed by atoms with Crippen LogP contribution in [-0.2, 0) is 0 Å². The lowest BCUT2D eigenvalue weighted by atomic mass is 10.1. The highest BCUT2D eigenvalue weighted by atomic mass is 35.5. The van der Waals surface area contributed by atoms with Gasteiger partial charge in [-0.2, -0.15) is 4.37 Å². The highest BCUT2D eigenvalue weighted by Crippen LogP contribution is 2.46. The summed E-state index contributed by atoms with van der Waals surface area (Å²) in [7, 11) is 0. The Morgan fingerprint density at radius 3 is 2.73 bits per heavy atom. The summed E-state index contributed by atoms with van der Waals surface area (Å²) in [4.78, 5) is 4.43. The van der Waals surface area contributed by atoms with Crippen molar-refractivity contribution in [2.45, 2.75) is 32.6 Å². The number of hydrogen-bond acceptors (Lipinski definition) is 4. The van der Waals surface area contributed by atoms with E-state index in [1.54, 1.807) is 0 Å². The SMILES string of the molecule is CC(C)c1nsc(NCC2(CCl)CC2)n1. The molecule has 0 amide bonds. The van der Waals surface area contributed by atoms with Crippen LogP contribution in [0, 0.1) is 5.41 Å². The number of anilines is 1. The van der Waals surface area contributed by atoms with E-state index in [9.17, 15) is 0 Å². The summed E-state index contributed by atoms with van der Waals surface area (Å²) in [6.45, 7) is 5.14. The van der Waals surface area contributed by atoms with Gasteiger partial charge in [0.2, 0.25) is 5.13 Å². The molecule has 0 spiro atoms. The van der Waals surface area contributed by atoms with Crippen LogP contribution in [0.15, 0.2) is 0 Å². The Balaban J connectivity index is 1.88. The Bertz CT molecular complexity index is 333. The second-order valence-corrected chi connectivity index (χ2v) is 5.62. The minimum atomic E-state index is 0.339. The number of hydrogen-bond donors (Lipinski definition) is 1. The molecule has 1 saturated carbocycles. The molecule has 0 unspecified atom stereocenters. The molecule has 1 aliphatic rings. The van der Waals surface area contributed by atoms with Crippen molar-refractivity contribution in [3.05, 3.63) is 5.82 Å². The molecular weight excluding hydrogens is 230 g/mol. The number of halogens is 1. The first-order chi connectivity index (χ1) is 7.15. The lowest BCUT2D eigenvalue weighted by Crippen LogP contribution is -2.16. The predicted octanol–water partition coefficient (Wildman–Crippen LogP) is 3.09. The summed E-state index contributed by atoms with van der Waals surface area (Å²) in [6.07, 6.45) is 2.47. The smallest absolute Gasteiger partial charge is 0.202 e. The fraction of sp³-hybridized carbons (Fsp3) is 0.800. The van der Waals surface area contributed by atoms with Crippen LogP contribution in [0.5, 0.6) is 0 Å². The molecule has 1 heterocycles. The predicted molar refractivity (Wildman–Crippen MR) is 64.9 cm³/mol. The first-order valence-electron chi connectivity index (χ1n) is 5.29. The number of aromatic nitrogens is 2. The average Bonchev–Trinajstić information content (AvgIpc) is 2.85. The van der Waals surface area contributed by atoms with E-state index in [2.05, 4.69) is 28.5 Å². The van der Waals surface area contributed by atoms with Gasteiger partial charge in [0.1, 0.15) is 5.82 Å². The van der Waals surface area contributed by atoms with Gasteiger partial charge in [0.15, 0.2) is 0 Å². The van der Waals surface area contributed by atoms with Gasteiger partial charge in [-0.1, -0.05) is 13.8 Å². The molecule has 5 heteroatoms. The maximum Gasteiger partial charge on any atom is 0.202 e. The maximum atomic E-state index is 5.90. The van der Waals surface area contributed by atoms with E-state index < -0.39 is 0 Å². The van der Waals surface area contributed by atoms with E-state index in [1.165, 1.54) is 24.4 Å². The lowest BCUT2D eigenvalue weighted by molar-refractivity contribution is 0.618. The summed E-state index contributed by atoms with van der Waals surface area (Å²) in [6, 6.07) is 0. The van der Waals surface area contributed by atoms with Crippen molar-refractivity contribution < 1.29 is 0 Å². The third-order valence-electron chi connectivity index (χ3n) is 2.81. The summed E-state index contributed by atoms with van der Waals surface area (Å²) in [5.74, 6) is 2.08. The molecule has 2 rings (SSSR count).